The molecule has 0 fully saturated rings. The van der Waals surface area contributed by atoms with E-state index in [1.54, 1.807) is 14.0 Å². The molecule has 1 atom stereocenters. The summed E-state index contributed by atoms with van der Waals surface area (Å²) in [6, 6.07) is 5.86. The normalized spacial score (nSPS) is 11.9. The molecule has 0 aliphatic carbocycles. The molecule has 1 unspecified atom stereocenters. The summed E-state index contributed by atoms with van der Waals surface area (Å²) < 4.78 is 5.26. The van der Waals surface area contributed by atoms with Gasteiger partial charge in [0.1, 0.15) is 5.75 Å². The van der Waals surface area contributed by atoms with E-state index >= 15 is 0 Å². The van der Waals surface area contributed by atoms with E-state index in [0.29, 0.717) is 6.54 Å². The van der Waals surface area contributed by atoms with Gasteiger partial charge in [0.25, 0.3) is 0 Å². The third kappa shape index (κ3) is 5.62. The fourth-order valence-electron chi connectivity index (χ4n) is 1.87. The Bertz CT molecular complexity index is 475. The van der Waals surface area contributed by atoms with Crippen molar-refractivity contribution in [2.45, 2.75) is 26.0 Å². The van der Waals surface area contributed by atoms with Crippen molar-refractivity contribution in [1.29, 1.82) is 0 Å². The van der Waals surface area contributed by atoms with Crippen LogP contribution >= 0.6 is 0 Å². The Balaban J connectivity index is 2.84. The van der Waals surface area contributed by atoms with Gasteiger partial charge in [0, 0.05) is 18.7 Å². The molecule has 1 aromatic rings. The van der Waals surface area contributed by atoms with Crippen molar-refractivity contribution < 1.29 is 9.84 Å². The number of rotatable bonds is 6. The summed E-state index contributed by atoms with van der Waals surface area (Å²) in [6.45, 7) is 3.75. The number of hydrogen-bond acceptors (Lipinski definition) is 4. The minimum atomic E-state index is -0.278. The van der Waals surface area contributed by atoms with Gasteiger partial charge in [-0.2, -0.15) is 0 Å². The minimum absolute atomic E-state index is 0.278. The molecule has 20 heavy (non-hydrogen) atoms. The van der Waals surface area contributed by atoms with E-state index in [2.05, 4.69) is 16.7 Å². The Kier molecular flexibility index (Phi) is 7.10. The van der Waals surface area contributed by atoms with Crippen LogP contribution in [-0.2, 0) is 6.54 Å². The van der Waals surface area contributed by atoms with Gasteiger partial charge in [0.15, 0.2) is 0 Å². The number of aliphatic hydroxyl groups is 1. The molecule has 0 saturated carbocycles. The highest BCUT2D eigenvalue weighted by molar-refractivity contribution is 5.45. The third-order valence-electron chi connectivity index (χ3n) is 3.01. The second-order valence-electron chi connectivity index (χ2n) is 4.90. The zero-order chi connectivity index (χ0) is 15.0. The molecule has 0 heterocycles. The summed E-state index contributed by atoms with van der Waals surface area (Å²) in [4.78, 5) is 2.16. The van der Waals surface area contributed by atoms with Crippen LogP contribution in [0.3, 0.4) is 0 Å². The molecule has 0 bridgehead atoms. The van der Waals surface area contributed by atoms with E-state index in [9.17, 15) is 5.11 Å². The number of nitrogens with two attached hydrogens (primary N) is 1. The Labute approximate surface area is 121 Å². The first-order chi connectivity index (χ1) is 9.56. The zero-order valence-corrected chi connectivity index (χ0v) is 12.5. The van der Waals surface area contributed by atoms with Gasteiger partial charge >= 0.3 is 0 Å². The molecule has 0 radical (unpaired) electrons. The molecule has 0 aliphatic rings. The van der Waals surface area contributed by atoms with E-state index in [0.717, 1.165) is 36.4 Å². The van der Waals surface area contributed by atoms with Crippen LogP contribution in [0, 0.1) is 11.8 Å². The topological polar surface area (TPSA) is 58.7 Å². The largest absolute Gasteiger partial charge is 0.497 e. The predicted molar refractivity (Wildman–Crippen MR) is 81.6 cm³/mol. The summed E-state index contributed by atoms with van der Waals surface area (Å²) in [5.74, 6) is 6.79. The maximum atomic E-state index is 9.34. The minimum Gasteiger partial charge on any atom is -0.497 e. The van der Waals surface area contributed by atoms with Gasteiger partial charge in [-0.15, -0.1) is 0 Å². The smallest absolute Gasteiger partial charge is 0.119 e. The lowest BCUT2D eigenvalue weighted by molar-refractivity contribution is 0.163. The molecule has 0 aromatic heterocycles. The van der Waals surface area contributed by atoms with Crippen molar-refractivity contribution in [2.24, 2.45) is 5.73 Å². The molecule has 0 aliphatic heterocycles. The van der Waals surface area contributed by atoms with Crippen molar-refractivity contribution in [3.8, 4) is 17.6 Å². The molecule has 4 heteroatoms. The summed E-state index contributed by atoms with van der Waals surface area (Å²) in [6.07, 6.45) is 0.476. The molecule has 0 amide bonds. The first-order valence-corrected chi connectivity index (χ1v) is 6.79. The van der Waals surface area contributed by atoms with Gasteiger partial charge in [-0.3, -0.25) is 0 Å². The molecule has 1 aromatic carbocycles. The molecule has 0 spiro atoms. The highest BCUT2D eigenvalue weighted by Gasteiger charge is 2.07. The average molecular weight is 276 g/mol. The molecular formula is C16H24N2O2. The first-order valence-electron chi connectivity index (χ1n) is 6.79. The molecule has 3 N–H and O–H groups in total. The highest BCUT2D eigenvalue weighted by Crippen LogP contribution is 2.18. The number of aliphatic hydroxyl groups excluding tert-OH is 1. The standard InChI is InChI=1S/C16H24N2O2/c1-13(19)8-10-18(2)12-15-11-16(20-3)7-6-14(15)5-4-9-17/h6-7,11,13,19H,8-10,12,17H2,1-3H3. The number of methoxy groups -OCH3 is 1. The summed E-state index contributed by atoms with van der Waals surface area (Å²) >= 11 is 0. The van der Waals surface area contributed by atoms with Crippen LogP contribution in [0.1, 0.15) is 24.5 Å². The second-order valence-corrected chi connectivity index (χ2v) is 4.90. The van der Waals surface area contributed by atoms with E-state index in [-0.39, 0.29) is 6.10 Å². The summed E-state index contributed by atoms with van der Waals surface area (Å²) in [7, 11) is 3.68. The van der Waals surface area contributed by atoms with Crippen molar-refractivity contribution in [3.05, 3.63) is 29.3 Å². The predicted octanol–water partition coefficient (Wildman–Crippen LogP) is 1.21. The Hall–Kier alpha value is -1.54. The number of nitrogens with zero attached hydrogens (tertiary/aromatic N) is 1. The number of benzene rings is 1. The van der Waals surface area contributed by atoms with Crippen LogP contribution in [0.5, 0.6) is 5.75 Å². The third-order valence-corrected chi connectivity index (χ3v) is 3.01. The first kappa shape index (κ1) is 16.5. The number of hydrogen-bond donors (Lipinski definition) is 2. The van der Waals surface area contributed by atoms with E-state index in [1.165, 1.54) is 0 Å². The Morgan fingerprint density at radius 2 is 2.20 bits per heavy atom. The summed E-state index contributed by atoms with van der Waals surface area (Å²) in [5.41, 5.74) is 7.51. The van der Waals surface area contributed by atoms with Crippen LogP contribution in [0.15, 0.2) is 18.2 Å². The van der Waals surface area contributed by atoms with Crippen molar-refractivity contribution in [3.63, 3.8) is 0 Å². The molecular weight excluding hydrogens is 252 g/mol. The van der Waals surface area contributed by atoms with Crippen LogP contribution in [0.25, 0.3) is 0 Å². The van der Waals surface area contributed by atoms with Crippen LogP contribution in [0.4, 0.5) is 0 Å². The van der Waals surface area contributed by atoms with Gasteiger partial charge < -0.3 is 20.5 Å². The maximum absolute atomic E-state index is 9.34. The van der Waals surface area contributed by atoms with Gasteiger partial charge in [-0.25, -0.2) is 0 Å². The lowest BCUT2D eigenvalue weighted by Crippen LogP contribution is -2.22. The van der Waals surface area contributed by atoms with Gasteiger partial charge in [0.05, 0.1) is 19.8 Å². The fourth-order valence-corrected chi connectivity index (χ4v) is 1.87. The highest BCUT2D eigenvalue weighted by atomic mass is 16.5. The maximum Gasteiger partial charge on any atom is 0.119 e. The molecule has 0 saturated heterocycles. The van der Waals surface area contributed by atoms with Crippen LogP contribution < -0.4 is 10.5 Å². The Morgan fingerprint density at radius 1 is 1.45 bits per heavy atom. The molecule has 110 valence electrons. The van der Waals surface area contributed by atoms with E-state index < -0.39 is 0 Å². The summed E-state index contributed by atoms with van der Waals surface area (Å²) in [5, 5.41) is 9.34. The second kappa shape index (κ2) is 8.60. The Morgan fingerprint density at radius 3 is 2.80 bits per heavy atom. The molecule has 4 nitrogen and oxygen atoms in total. The van der Waals surface area contributed by atoms with Crippen molar-refractivity contribution >= 4 is 0 Å². The van der Waals surface area contributed by atoms with Gasteiger partial charge in [0.2, 0.25) is 0 Å². The molecule has 1 rings (SSSR count). The SMILES string of the molecule is COc1ccc(C#CCN)c(CN(C)CCC(C)O)c1. The fraction of sp³-hybridized carbons (Fsp3) is 0.500. The monoisotopic (exact) mass is 276 g/mol. The van der Waals surface area contributed by atoms with Crippen LogP contribution in [0.2, 0.25) is 0 Å². The van der Waals surface area contributed by atoms with E-state index in [1.807, 2.05) is 25.2 Å². The van der Waals surface area contributed by atoms with Gasteiger partial charge in [-0.1, -0.05) is 11.8 Å². The quantitative estimate of drug-likeness (QED) is 0.767. The average Bonchev–Trinajstić information content (AvgIpc) is 2.43. The zero-order valence-electron chi connectivity index (χ0n) is 12.5. The van der Waals surface area contributed by atoms with Gasteiger partial charge in [-0.05, 0) is 44.2 Å². The number of ether oxygens (including phenoxy) is 1. The van der Waals surface area contributed by atoms with Crippen LogP contribution in [-0.4, -0.2) is 43.4 Å². The lowest BCUT2D eigenvalue weighted by Gasteiger charge is -2.19. The lowest BCUT2D eigenvalue weighted by atomic mass is 10.1. The van der Waals surface area contributed by atoms with Crippen molar-refractivity contribution in [2.75, 3.05) is 27.2 Å². The van der Waals surface area contributed by atoms with E-state index in [4.69, 9.17) is 10.5 Å². The van der Waals surface area contributed by atoms with Crippen molar-refractivity contribution in [1.82, 2.24) is 4.90 Å².